The van der Waals surface area contributed by atoms with Crippen LogP contribution in [-0.4, -0.2) is 82.4 Å². The maximum Gasteiger partial charge on any atom is 0.338 e. The highest BCUT2D eigenvalue weighted by Gasteiger charge is 2.75. The van der Waals surface area contributed by atoms with E-state index in [1.807, 2.05) is 102 Å². The van der Waals surface area contributed by atoms with Crippen LogP contribution in [0.1, 0.15) is 109 Å². The minimum absolute atomic E-state index is 0.132. The molecule has 3 aromatic carbocycles. The molecule has 2 heterocycles. The van der Waals surface area contributed by atoms with Crippen molar-refractivity contribution in [2.75, 3.05) is 6.61 Å². The van der Waals surface area contributed by atoms with E-state index in [1.165, 1.54) is 0 Å². The highest BCUT2D eigenvalue weighted by molar-refractivity contribution is 6.02. The third-order valence-corrected chi connectivity index (χ3v) is 15.2. The molecule has 0 radical (unpaired) electrons. The molecular weight excluding hydrogens is 761 g/mol. The average molecular weight is 821 g/mol. The van der Waals surface area contributed by atoms with Gasteiger partial charge in [-0.2, -0.15) is 0 Å². The first kappa shape index (κ1) is 42.5. The molecule has 0 amide bonds. The number of hydrogen-bond donors (Lipinski definition) is 2. The zero-order chi connectivity index (χ0) is 43.2. The normalized spacial score (nSPS) is 36.8. The van der Waals surface area contributed by atoms with Crippen molar-refractivity contribution in [2.45, 2.75) is 141 Å². The van der Waals surface area contributed by atoms with Gasteiger partial charge in [-0.25, -0.2) is 9.59 Å². The Bertz CT molecular complexity index is 2160. The van der Waals surface area contributed by atoms with Gasteiger partial charge in [0.1, 0.15) is 23.9 Å². The van der Waals surface area contributed by atoms with Gasteiger partial charge in [0, 0.05) is 46.5 Å². The Balaban J connectivity index is 1.27. The van der Waals surface area contributed by atoms with Crippen molar-refractivity contribution in [2.24, 2.45) is 22.2 Å². The van der Waals surface area contributed by atoms with Gasteiger partial charge in [0.25, 0.3) is 0 Å². The smallest absolute Gasteiger partial charge is 0.338 e. The second kappa shape index (κ2) is 14.7. The molecule has 320 valence electrons. The van der Waals surface area contributed by atoms with Gasteiger partial charge in [-0.05, 0) is 69.9 Å². The van der Waals surface area contributed by atoms with Crippen LogP contribution in [0.2, 0.25) is 0 Å². The summed E-state index contributed by atoms with van der Waals surface area (Å²) in [5.41, 5.74) is -4.48. The van der Waals surface area contributed by atoms with E-state index < -0.39 is 93.3 Å². The summed E-state index contributed by atoms with van der Waals surface area (Å²) in [6.45, 7) is 17.1. The predicted molar refractivity (Wildman–Crippen MR) is 224 cm³/mol. The minimum Gasteiger partial charge on any atom is -0.456 e. The number of hydrogen-bond acceptors (Lipinski definition) is 10. The highest BCUT2D eigenvalue weighted by Crippen LogP contribution is 2.67. The van der Waals surface area contributed by atoms with Crippen molar-refractivity contribution in [3.8, 4) is 0 Å². The summed E-state index contributed by atoms with van der Waals surface area (Å²) in [6, 6.07) is 28.0. The monoisotopic (exact) mass is 820 g/mol. The van der Waals surface area contributed by atoms with Crippen LogP contribution in [0, 0.1) is 22.2 Å². The minimum atomic E-state index is -2.02. The Hall–Kier alpha value is -4.19. The van der Waals surface area contributed by atoms with E-state index in [2.05, 4.69) is 0 Å². The first-order valence-corrected chi connectivity index (χ1v) is 21.4. The van der Waals surface area contributed by atoms with Crippen LogP contribution in [0.15, 0.2) is 102 Å². The fourth-order valence-corrected chi connectivity index (χ4v) is 11.7. The number of aliphatic hydroxyl groups excluding tert-OH is 1. The van der Waals surface area contributed by atoms with E-state index in [4.69, 9.17) is 23.7 Å². The first-order valence-electron chi connectivity index (χ1n) is 21.4. The number of aliphatic hydroxyl groups is 2. The van der Waals surface area contributed by atoms with Crippen molar-refractivity contribution in [3.63, 3.8) is 0 Å². The molecule has 8 rings (SSSR count). The second-order valence-corrected chi connectivity index (χ2v) is 20.1. The lowest BCUT2D eigenvalue weighted by atomic mass is 9.42. The largest absolute Gasteiger partial charge is 0.456 e. The van der Waals surface area contributed by atoms with Gasteiger partial charge in [0.05, 0.1) is 35.6 Å². The number of Topliss-reactive ketones (excluding diaryl/α,β-unsaturated/α-hetero) is 1. The molecule has 5 aliphatic rings. The van der Waals surface area contributed by atoms with Crippen molar-refractivity contribution >= 4 is 17.7 Å². The molecule has 3 aromatic rings. The lowest BCUT2D eigenvalue weighted by Gasteiger charge is -2.69. The summed E-state index contributed by atoms with van der Waals surface area (Å²) >= 11 is 0. The standard InChI is InChI=1S/C50H60O10/c1-29-34(57-44(54)39-33(26-45(2,3)60-39)30-19-13-10-14-20-30)27-50(55)42(58-43(53)31-21-15-11-16-22-31)40-48(8)28-56-35(48)25-36(59-47(6,7)32-23-17-12-18-24-32)49(40,9)41(52)38(51)37(29)46(50,4)5/h10-24,33-36,39-42,52,55H,25-28H2,1-9H3/t33-,34+,35-,36+,39-,40-,41+,42+,48-,49-,50-/m1/s1. The molecule has 2 bridgehead atoms. The number of carbonyl (C=O) groups is 3. The molecule has 4 fully saturated rings. The molecule has 60 heavy (non-hydrogen) atoms. The van der Waals surface area contributed by atoms with Crippen molar-refractivity contribution < 1.29 is 48.3 Å². The van der Waals surface area contributed by atoms with Gasteiger partial charge in [-0.15, -0.1) is 0 Å². The summed E-state index contributed by atoms with van der Waals surface area (Å²) in [4.78, 5) is 44.3. The van der Waals surface area contributed by atoms with Crippen molar-refractivity contribution in [1.82, 2.24) is 0 Å². The van der Waals surface area contributed by atoms with Gasteiger partial charge >= 0.3 is 11.9 Å². The number of fused-ring (bicyclic) bond motifs is 5. The van der Waals surface area contributed by atoms with E-state index in [1.54, 1.807) is 51.1 Å². The van der Waals surface area contributed by atoms with Gasteiger partial charge in [-0.1, -0.05) is 107 Å². The lowest BCUT2D eigenvalue weighted by molar-refractivity contribution is -0.340. The number of benzene rings is 3. The van der Waals surface area contributed by atoms with Crippen molar-refractivity contribution in [1.29, 1.82) is 0 Å². The van der Waals surface area contributed by atoms with Gasteiger partial charge in [0.15, 0.2) is 11.9 Å². The molecule has 0 aromatic heterocycles. The Labute approximate surface area is 353 Å². The Kier molecular flexibility index (Phi) is 10.4. The molecule has 0 spiro atoms. The maximum atomic E-state index is 15.4. The number of carbonyl (C=O) groups excluding carboxylic acids is 3. The van der Waals surface area contributed by atoms with Crippen LogP contribution < -0.4 is 0 Å². The zero-order valence-corrected chi connectivity index (χ0v) is 36.3. The maximum absolute atomic E-state index is 15.4. The number of esters is 2. The van der Waals surface area contributed by atoms with Crippen LogP contribution in [0.3, 0.4) is 0 Å². The molecule has 2 aliphatic heterocycles. The molecule has 10 heteroatoms. The summed E-state index contributed by atoms with van der Waals surface area (Å²) in [5.74, 6) is -3.07. The van der Waals surface area contributed by atoms with Gasteiger partial charge in [0.2, 0.25) is 0 Å². The Morgan fingerprint density at radius 3 is 2.03 bits per heavy atom. The Morgan fingerprint density at radius 1 is 0.833 bits per heavy atom. The van der Waals surface area contributed by atoms with Gasteiger partial charge in [-0.3, -0.25) is 4.79 Å². The fraction of sp³-hybridized carbons (Fsp3) is 0.540. The molecule has 2 N–H and O–H groups in total. The zero-order valence-electron chi connectivity index (χ0n) is 36.3. The molecule has 11 atom stereocenters. The first-order chi connectivity index (χ1) is 28.2. The van der Waals surface area contributed by atoms with E-state index in [0.717, 1.165) is 11.1 Å². The fourth-order valence-electron chi connectivity index (χ4n) is 11.7. The molecule has 10 nitrogen and oxygen atoms in total. The third-order valence-electron chi connectivity index (χ3n) is 15.2. The third kappa shape index (κ3) is 6.60. The molecule has 0 unspecified atom stereocenters. The second-order valence-electron chi connectivity index (χ2n) is 20.1. The van der Waals surface area contributed by atoms with Crippen molar-refractivity contribution in [3.05, 3.63) is 119 Å². The number of ketones is 1. The van der Waals surface area contributed by atoms with Gasteiger partial charge < -0.3 is 33.9 Å². The molecule has 2 saturated heterocycles. The summed E-state index contributed by atoms with van der Waals surface area (Å²) < 4.78 is 32.9. The van der Waals surface area contributed by atoms with E-state index in [0.29, 0.717) is 18.4 Å². The average Bonchev–Trinajstić information content (AvgIpc) is 3.55. The topological polar surface area (TPSA) is 138 Å². The Morgan fingerprint density at radius 2 is 1.43 bits per heavy atom. The molecule has 3 aliphatic carbocycles. The number of ether oxygens (including phenoxy) is 5. The van der Waals surface area contributed by atoms with E-state index in [9.17, 15) is 19.8 Å². The summed E-state index contributed by atoms with van der Waals surface area (Å²) in [5, 5.41) is 26.8. The van der Waals surface area contributed by atoms with E-state index >= 15 is 4.79 Å². The highest BCUT2D eigenvalue weighted by atomic mass is 16.6. The molecule has 2 saturated carbocycles. The predicted octanol–water partition coefficient (Wildman–Crippen LogP) is 7.65. The lowest BCUT2D eigenvalue weighted by Crippen LogP contribution is -2.78. The van der Waals surface area contributed by atoms with E-state index in [-0.39, 0.29) is 30.1 Å². The van der Waals surface area contributed by atoms with Crippen LogP contribution in [-0.2, 0) is 38.9 Å². The quantitative estimate of drug-likeness (QED) is 0.218. The summed E-state index contributed by atoms with van der Waals surface area (Å²) in [7, 11) is 0. The van der Waals surface area contributed by atoms with Crippen LogP contribution in [0.4, 0.5) is 0 Å². The molecular formula is C50H60O10. The van der Waals surface area contributed by atoms with Crippen LogP contribution in [0.5, 0.6) is 0 Å². The summed E-state index contributed by atoms with van der Waals surface area (Å²) in [6.07, 6.45) is -5.59. The van der Waals surface area contributed by atoms with Crippen LogP contribution >= 0.6 is 0 Å². The SMILES string of the molecule is CC1=C2C(=O)[C@H](O)[C@]3(C)[C@@H](OC(C)(C)c4ccccc4)C[C@H]4OC[C@@]4(C)[C@H]3[C@H](OC(=O)c3ccccc3)[C@](O)(C[C@@H]1OC(=O)[C@@H]1OC(C)(C)C[C@@H]1c1ccccc1)C2(C)C. The number of rotatable bonds is 8. The van der Waals surface area contributed by atoms with Crippen LogP contribution in [0.25, 0.3) is 0 Å².